The first-order valence-electron chi connectivity index (χ1n) is 40.9. The Morgan fingerprint density at radius 2 is 0.708 bits per heavy atom. The van der Waals surface area contributed by atoms with Crippen LogP contribution in [0.4, 0.5) is 0 Å². The van der Waals surface area contributed by atoms with Crippen molar-refractivity contribution in [3.8, 4) is 0 Å². The van der Waals surface area contributed by atoms with E-state index in [1.807, 2.05) is 12.2 Å². The number of nitrogens with one attached hydrogen (secondary N) is 14. The Hall–Kier alpha value is -10.5. The van der Waals surface area contributed by atoms with Gasteiger partial charge in [-0.05, 0) is 166 Å². The number of carboxylic acid groups (broad SMARTS) is 3. The number of primary amides is 1. The highest BCUT2D eigenvalue weighted by Gasteiger charge is 2.40. The molecule has 0 aromatic carbocycles. The third-order valence-electron chi connectivity index (χ3n) is 19.4. The Balaban J connectivity index is 7.04. The molecule has 0 saturated heterocycles. The lowest BCUT2D eigenvalue weighted by Gasteiger charge is -2.31. The van der Waals surface area contributed by atoms with Gasteiger partial charge in [-0.15, -0.1) is 0 Å². The van der Waals surface area contributed by atoms with Gasteiger partial charge in [0.25, 0.3) is 0 Å². The quantitative estimate of drug-likeness (QED) is 0.0153. The van der Waals surface area contributed by atoms with Crippen molar-refractivity contribution in [2.24, 2.45) is 74.5 Å². The van der Waals surface area contributed by atoms with E-state index in [0.717, 1.165) is 0 Å². The maximum atomic E-state index is 14.7. The highest BCUT2D eigenvalue weighted by molar-refractivity contribution is 6.01. The number of nitrogens with two attached hydrogens (primary N) is 8. The molecule has 120 heavy (non-hydrogen) atoms. The molecule has 0 spiro atoms. The van der Waals surface area contributed by atoms with E-state index < -0.39 is 254 Å². The molecule has 34 N–H and O–H groups in total. The Bertz CT molecular complexity index is 3370. The van der Waals surface area contributed by atoms with Crippen LogP contribution in [0.5, 0.6) is 0 Å². The molecule has 0 aromatic heterocycles. The predicted octanol–water partition coefficient (Wildman–Crippen LogP) is -7.20. The summed E-state index contributed by atoms with van der Waals surface area (Å²) in [5.74, 6) is -21.3. The molecular formula is C75H137N23O22. The van der Waals surface area contributed by atoms with E-state index in [1.165, 1.54) is 6.92 Å². The number of amides is 15. The molecule has 16 atom stereocenters. The van der Waals surface area contributed by atoms with E-state index in [9.17, 15) is 107 Å². The minimum atomic E-state index is -1.98. The minimum Gasteiger partial charge on any atom is -0.481 e. The zero-order chi connectivity index (χ0) is 91.5. The number of hydrogen-bond acceptors (Lipinski definition) is 25. The molecule has 0 heterocycles. The summed E-state index contributed by atoms with van der Waals surface area (Å²) >= 11 is 0. The number of aliphatic hydroxyl groups excluding tert-OH is 1. The number of carboxylic acids is 3. The summed E-state index contributed by atoms with van der Waals surface area (Å²) in [4.78, 5) is 247. The average Bonchev–Trinajstić information content (AvgIpc) is 0.843. The van der Waals surface area contributed by atoms with Crippen LogP contribution in [0.1, 0.15) is 204 Å². The molecule has 0 bridgehead atoms. The molecule has 45 nitrogen and oxygen atoms in total. The summed E-state index contributed by atoms with van der Waals surface area (Å²) in [6, 6.07) is -20.7. The summed E-state index contributed by atoms with van der Waals surface area (Å²) in [6.07, 6.45) is 0.298. The van der Waals surface area contributed by atoms with Gasteiger partial charge < -0.3 is 141 Å². The van der Waals surface area contributed by atoms with Gasteiger partial charge in [0.15, 0.2) is 5.96 Å². The second kappa shape index (κ2) is 60.0. The molecule has 0 aliphatic rings. The average molecular weight is 1710 g/mol. The van der Waals surface area contributed by atoms with Crippen molar-refractivity contribution in [1.82, 2.24) is 74.4 Å². The number of nitrogens with zero attached hydrogens (tertiary/aromatic N) is 1. The largest absolute Gasteiger partial charge is 0.481 e. The standard InChI is InChI=1S/C75H137N23O22/c1-10-41(7)59(97-62(107)44(80)21-20-34-84-75(82)83)72(117)92-47(24-14-18-32-78)64(109)90-48(25-15-19-33-79)68(113)98-60(42(8)11-2)73(118)96-58(40(5)6)71(116)93-49(26-28-54(81)100)66(111)89-45(22-12-16-30-76)63(108)88-46(23-13-17-31-77)65(110)94-51(35-39(3)4)69(114)86-43(9)61(106)85-37-55(101)87-52(36-57(104)105)70(115)91-50(27-29-56(102)103)67(112)95-53(38-99)74(119)120/h39-53,58-60,99H,10-38,76-80H2,1-9H3,(H2,81,100)(H,85,106)(H,86,114)(H,87,101)(H,88,108)(H,89,111)(H,90,109)(H,91,115)(H,92,117)(H,93,116)(H,94,110)(H,95,112)(H,96,118)(H,97,107)(H,98,113)(H,102,103)(H,104,105)(H,119,120)(H4,82,83,84)/t41-,42-,43-,44-,45-,46-,47-,48-,49-,50-,51-,52-,53-,58-,59-,60-/m0/s1. The fourth-order valence-corrected chi connectivity index (χ4v) is 11.9. The highest BCUT2D eigenvalue weighted by atomic mass is 16.4. The first kappa shape index (κ1) is 109. The van der Waals surface area contributed by atoms with Gasteiger partial charge in [0.2, 0.25) is 88.6 Å². The Kier molecular flexibility index (Phi) is 54.8. The number of aliphatic carboxylic acids is 3. The van der Waals surface area contributed by atoms with E-state index >= 15 is 0 Å². The maximum absolute atomic E-state index is 14.7. The van der Waals surface area contributed by atoms with Crippen LogP contribution in [0.15, 0.2) is 4.99 Å². The topological polar surface area (TPSA) is 777 Å². The molecule has 0 aliphatic heterocycles. The van der Waals surface area contributed by atoms with Crippen LogP contribution in [0, 0.1) is 23.7 Å². The normalized spacial score (nSPS) is 15.2. The lowest BCUT2D eigenvalue weighted by Crippen LogP contribution is -2.62. The minimum absolute atomic E-state index is 0.0136. The highest BCUT2D eigenvalue weighted by Crippen LogP contribution is 2.17. The van der Waals surface area contributed by atoms with E-state index in [-0.39, 0.29) is 102 Å². The van der Waals surface area contributed by atoms with Crippen molar-refractivity contribution in [2.45, 2.75) is 288 Å². The number of rotatable bonds is 65. The number of hydrogen-bond donors (Lipinski definition) is 26. The zero-order valence-corrected chi connectivity index (χ0v) is 70.6. The van der Waals surface area contributed by atoms with Crippen LogP contribution in [-0.4, -0.2) is 263 Å². The number of aliphatic hydroxyl groups is 1. The molecule has 0 rings (SSSR count). The van der Waals surface area contributed by atoms with Crippen molar-refractivity contribution >= 4 is 112 Å². The zero-order valence-electron chi connectivity index (χ0n) is 70.6. The molecule has 0 aliphatic carbocycles. The number of unbranched alkanes of at least 4 members (excludes halogenated alkanes) is 4. The molecule has 0 fully saturated rings. The van der Waals surface area contributed by atoms with Gasteiger partial charge in [0, 0.05) is 19.4 Å². The Morgan fingerprint density at radius 3 is 1.07 bits per heavy atom. The van der Waals surface area contributed by atoms with Crippen LogP contribution in [0.3, 0.4) is 0 Å². The third kappa shape index (κ3) is 44.5. The van der Waals surface area contributed by atoms with E-state index in [2.05, 4.69) is 74.1 Å². The third-order valence-corrected chi connectivity index (χ3v) is 19.4. The van der Waals surface area contributed by atoms with Crippen LogP contribution >= 0.6 is 0 Å². The van der Waals surface area contributed by atoms with E-state index in [0.29, 0.717) is 51.4 Å². The predicted molar refractivity (Wildman–Crippen MR) is 439 cm³/mol. The van der Waals surface area contributed by atoms with Gasteiger partial charge in [-0.3, -0.25) is 86.5 Å². The first-order valence-corrected chi connectivity index (χ1v) is 40.9. The van der Waals surface area contributed by atoms with Gasteiger partial charge in [0.1, 0.15) is 78.5 Å². The molecule has 0 radical (unpaired) electrons. The van der Waals surface area contributed by atoms with Gasteiger partial charge in [-0.1, -0.05) is 68.2 Å². The van der Waals surface area contributed by atoms with Gasteiger partial charge in [-0.25, -0.2) is 4.79 Å². The van der Waals surface area contributed by atoms with Crippen molar-refractivity contribution in [1.29, 1.82) is 0 Å². The maximum Gasteiger partial charge on any atom is 0.328 e. The smallest absolute Gasteiger partial charge is 0.328 e. The summed E-state index contributed by atoms with van der Waals surface area (Å²) in [6.45, 7) is 13.6. The van der Waals surface area contributed by atoms with Gasteiger partial charge >= 0.3 is 17.9 Å². The van der Waals surface area contributed by atoms with Crippen molar-refractivity contribution in [2.75, 3.05) is 45.9 Å². The molecule has 0 aromatic rings. The van der Waals surface area contributed by atoms with Gasteiger partial charge in [0.05, 0.1) is 25.6 Å². The Morgan fingerprint density at radius 1 is 0.358 bits per heavy atom. The monoisotopic (exact) mass is 1710 g/mol. The molecule has 15 amide bonds. The molecule has 0 unspecified atom stereocenters. The Labute approximate surface area is 699 Å². The van der Waals surface area contributed by atoms with Crippen LogP contribution in [0.2, 0.25) is 0 Å². The summed E-state index contributed by atoms with van der Waals surface area (Å²) in [7, 11) is 0. The second-order valence-corrected chi connectivity index (χ2v) is 30.4. The molecule has 684 valence electrons. The lowest BCUT2D eigenvalue weighted by atomic mass is 9.95. The molecule has 0 saturated carbocycles. The summed E-state index contributed by atoms with van der Waals surface area (Å²) in [5.41, 5.74) is 45.9. The number of carbonyl (C=O) groups is 18. The van der Waals surface area contributed by atoms with E-state index in [1.54, 1.807) is 48.5 Å². The number of carbonyl (C=O) groups excluding carboxylic acids is 15. The molecular weight excluding hydrogens is 1570 g/mol. The fourth-order valence-electron chi connectivity index (χ4n) is 11.9. The second-order valence-electron chi connectivity index (χ2n) is 30.4. The number of guanidine groups is 1. The van der Waals surface area contributed by atoms with Crippen molar-refractivity contribution in [3.05, 3.63) is 0 Å². The first-order chi connectivity index (χ1) is 56.5. The van der Waals surface area contributed by atoms with Gasteiger partial charge in [-0.2, -0.15) is 0 Å². The lowest BCUT2D eigenvalue weighted by molar-refractivity contribution is -0.144. The SMILES string of the molecule is CC[C@H](C)[C@H](NC(=O)[C@H](CCCCN)NC(=O)[C@H](CCCCN)NC(=O)[C@@H](NC(=O)[C@@H](N)CCCN=C(N)N)[C@@H](C)CC)C(=O)N[C@H](C(=O)N[C@@H](CCC(N)=O)C(=O)N[C@@H](CCCCN)C(=O)N[C@@H](CCCCN)C(=O)N[C@@H](CC(C)C)C(=O)N[C@@H](C)C(=O)NCC(=O)N[C@@H](CC(=O)O)C(=O)N[C@@H](CCC(=O)O)C(=O)N[C@@H](CO)C(=O)O)C(C)C. The van der Waals surface area contributed by atoms with Crippen LogP contribution in [0.25, 0.3) is 0 Å². The van der Waals surface area contributed by atoms with Crippen LogP contribution in [-0.2, 0) is 86.3 Å². The fraction of sp³-hybridized carbons (Fsp3) is 0.747. The molecule has 45 heteroatoms. The van der Waals surface area contributed by atoms with E-state index in [4.69, 9.17) is 45.9 Å². The number of aliphatic imine (C=N–C) groups is 1. The van der Waals surface area contributed by atoms with Crippen molar-refractivity contribution in [3.63, 3.8) is 0 Å². The summed E-state index contributed by atoms with van der Waals surface area (Å²) < 4.78 is 0. The van der Waals surface area contributed by atoms with Crippen LogP contribution < -0.4 is 120 Å². The van der Waals surface area contributed by atoms with Crippen molar-refractivity contribution < 1.29 is 107 Å². The summed E-state index contributed by atoms with van der Waals surface area (Å²) in [5, 5.41) is 72.2.